The first kappa shape index (κ1) is 18.5. The third-order valence-electron chi connectivity index (χ3n) is 4.81. The average Bonchev–Trinajstić information content (AvgIpc) is 2.86. The highest BCUT2D eigenvalue weighted by molar-refractivity contribution is 5.93. The summed E-state index contributed by atoms with van der Waals surface area (Å²) in [5.41, 5.74) is 0.649. The van der Waals surface area contributed by atoms with Gasteiger partial charge in [0, 0.05) is 20.1 Å². The fourth-order valence-electron chi connectivity index (χ4n) is 3.68. The lowest BCUT2D eigenvalue weighted by Gasteiger charge is -2.39. The minimum Gasteiger partial charge on any atom is -0.481 e. The number of carbonyl (C=O) groups is 2. The van der Waals surface area contributed by atoms with Crippen LogP contribution in [0.4, 0.5) is 0 Å². The summed E-state index contributed by atoms with van der Waals surface area (Å²) in [6.07, 6.45) is 3.61. The monoisotopic (exact) mass is 335 g/mol. The van der Waals surface area contributed by atoms with Crippen LogP contribution in [0.5, 0.6) is 0 Å². The van der Waals surface area contributed by atoms with Gasteiger partial charge in [-0.2, -0.15) is 5.10 Å². The predicted octanol–water partition coefficient (Wildman–Crippen LogP) is 2.73. The van der Waals surface area contributed by atoms with E-state index in [2.05, 4.69) is 18.9 Å². The summed E-state index contributed by atoms with van der Waals surface area (Å²) in [5, 5.41) is 14.1. The highest BCUT2D eigenvalue weighted by atomic mass is 16.4. The van der Waals surface area contributed by atoms with Crippen molar-refractivity contribution < 1.29 is 14.7 Å². The molecule has 1 saturated heterocycles. The third kappa shape index (κ3) is 3.79. The SMILES string of the molecule is CCCC1(C(=O)O)CCCN(C(=O)c2cc(CC(C)C)nn2C)C1. The molecule has 1 atom stereocenters. The zero-order valence-corrected chi connectivity index (χ0v) is 15.2. The minimum absolute atomic E-state index is 0.110. The number of carboxylic acids is 1. The molecule has 2 rings (SSSR count). The van der Waals surface area contributed by atoms with E-state index in [0.717, 1.165) is 25.0 Å². The molecule has 0 radical (unpaired) electrons. The van der Waals surface area contributed by atoms with E-state index in [1.54, 1.807) is 16.6 Å². The van der Waals surface area contributed by atoms with Gasteiger partial charge in [0.1, 0.15) is 5.69 Å². The van der Waals surface area contributed by atoms with E-state index in [1.165, 1.54) is 0 Å². The Bertz CT molecular complexity index is 605. The molecule has 6 nitrogen and oxygen atoms in total. The molecule has 134 valence electrons. The van der Waals surface area contributed by atoms with E-state index < -0.39 is 11.4 Å². The van der Waals surface area contributed by atoms with Gasteiger partial charge in [-0.1, -0.05) is 27.2 Å². The second-order valence-corrected chi connectivity index (χ2v) is 7.41. The Morgan fingerprint density at radius 3 is 2.71 bits per heavy atom. The quantitative estimate of drug-likeness (QED) is 0.867. The molecule has 0 aliphatic carbocycles. The van der Waals surface area contributed by atoms with Crippen LogP contribution in [0, 0.1) is 11.3 Å². The molecular weight excluding hydrogens is 306 g/mol. The van der Waals surface area contributed by atoms with Gasteiger partial charge in [-0.3, -0.25) is 14.3 Å². The molecule has 0 aromatic carbocycles. The first-order chi connectivity index (χ1) is 11.3. The van der Waals surface area contributed by atoms with Crippen molar-refractivity contribution in [3.05, 3.63) is 17.5 Å². The second kappa shape index (κ2) is 7.36. The van der Waals surface area contributed by atoms with Crippen LogP contribution in [-0.4, -0.2) is 44.8 Å². The Morgan fingerprint density at radius 1 is 1.42 bits per heavy atom. The van der Waals surface area contributed by atoms with Gasteiger partial charge < -0.3 is 10.0 Å². The lowest BCUT2D eigenvalue weighted by Crippen LogP contribution is -2.50. The van der Waals surface area contributed by atoms with Crippen molar-refractivity contribution in [2.45, 2.75) is 52.9 Å². The highest BCUT2D eigenvalue weighted by Gasteiger charge is 2.43. The molecule has 6 heteroatoms. The molecule has 1 aromatic rings. The van der Waals surface area contributed by atoms with Gasteiger partial charge in [-0.15, -0.1) is 0 Å². The number of hydrogen-bond donors (Lipinski definition) is 1. The first-order valence-electron chi connectivity index (χ1n) is 8.84. The number of hydrogen-bond acceptors (Lipinski definition) is 3. The van der Waals surface area contributed by atoms with Crippen LogP contribution < -0.4 is 0 Å². The molecule has 1 unspecified atom stereocenters. The zero-order chi connectivity index (χ0) is 17.9. The number of piperidine rings is 1. The van der Waals surface area contributed by atoms with Crippen molar-refractivity contribution in [2.24, 2.45) is 18.4 Å². The maximum atomic E-state index is 12.9. The Morgan fingerprint density at radius 2 is 2.12 bits per heavy atom. The number of rotatable bonds is 6. The number of aryl methyl sites for hydroxylation is 1. The molecule has 1 aromatic heterocycles. The maximum Gasteiger partial charge on any atom is 0.311 e. The maximum absolute atomic E-state index is 12.9. The fourth-order valence-corrected chi connectivity index (χ4v) is 3.68. The standard InChI is InChI=1S/C18H29N3O3/c1-5-7-18(17(23)24)8-6-9-21(12-18)16(22)15-11-14(10-13(2)3)19-20(15)4/h11,13H,5-10,12H2,1-4H3,(H,23,24). The largest absolute Gasteiger partial charge is 0.481 e. The van der Waals surface area contributed by atoms with Gasteiger partial charge in [-0.05, 0) is 37.7 Å². The van der Waals surface area contributed by atoms with Gasteiger partial charge in [0.2, 0.25) is 0 Å². The summed E-state index contributed by atoms with van der Waals surface area (Å²) in [7, 11) is 1.78. The van der Waals surface area contributed by atoms with Gasteiger partial charge in [0.25, 0.3) is 5.91 Å². The Balaban J connectivity index is 2.20. The smallest absolute Gasteiger partial charge is 0.311 e. The van der Waals surface area contributed by atoms with Crippen molar-refractivity contribution in [3.8, 4) is 0 Å². The number of likely N-dealkylation sites (tertiary alicyclic amines) is 1. The minimum atomic E-state index is -0.804. The van der Waals surface area contributed by atoms with Gasteiger partial charge in [0.05, 0.1) is 11.1 Å². The number of nitrogens with zero attached hydrogens (tertiary/aromatic N) is 3. The molecule has 1 N–H and O–H groups in total. The highest BCUT2D eigenvalue weighted by Crippen LogP contribution is 2.35. The van der Waals surface area contributed by atoms with Crippen molar-refractivity contribution in [1.29, 1.82) is 0 Å². The van der Waals surface area contributed by atoms with Crippen molar-refractivity contribution >= 4 is 11.9 Å². The summed E-state index contributed by atoms with van der Waals surface area (Å²) in [6, 6.07) is 1.85. The average molecular weight is 335 g/mol. The molecule has 1 amide bonds. The Kier molecular flexibility index (Phi) is 5.67. The summed E-state index contributed by atoms with van der Waals surface area (Å²) in [6.45, 7) is 7.13. The summed E-state index contributed by atoms with van der Waals surface area (Å²) in [5.74, 6) is -0.421. The van der Waals surface area contributed by atoms with Crippen molar-refractivity contribution in [1.82, 2.24) is 14.7 Å². The van der Waals surface area contributed by atoms with E-state index >= 15 is 0 Å². The van der Waals surface area contributed by atoms with Crippen LogP contribution in [-0.2, 0) is 18.3 Å². The Hall–Kier alpha value is -1.85. The number of aliphatic carboxylic acids is 1. The van der Waals surface area contributed by atoms with Crippen LogP contribution in [0.1, 0.15) is 62.6 Å². The lowest BCUT2D eigenvalue weighted by atomic mass is 9.76. The van der Waals surface area contributed by atoms with Crippen LogP contribution in [0.2, 0.25) is 0 Å². The second-order valence-electron chi connectivity index (χ2n) is 7.41. The fraction of sp³-hybridized carbons (Fsp3) is 0.722. The van der Waals surface area contributed by atoms with E-state index in [1.807, 2.05) is 13.0 Å². The van der Waals surface area contributed by atoms with Crippen LogP contribution >= 0.6 is 0 Å². The van der Waals surface area contributed by atoms with Gasteiger partial charge in [0.15, 0.2) is 0 Å². The number of amides is 1. The first-order valence-corrected chi connectivity index (χ1v) is 8.84. The summed E-state index contributed by atoms with van der Waals surface area (Å²) >= 11 is 0. The van der Waals surface area contributed by atoms with E-state index in [-0.39, 0.29) is 5.91 Å². The molecule has 1 fully saturated rings. The van der Waals surface area contributed by atoms with Crippen molar-refractivity contribution in [3.63, 3.8) is 0 Å². The zero-order valence-electron chi connectivity index (χ0n) is 15.2. The summed E-state index contributed by atoms with van der Waals surface area (Å²) < 4.78 is 1.62. The van der Waals surface area contributed by atoms with Crippen molar-refractivity contribution in [2.75, 3.05) is 13.1 Å². The molecule has 24 heavy (non-hydrogen) atoms. The van der Waals surface area contributed by atoms with Crippen LogP contribution in [0.25, 0.3) is 0 Å². The van der Waals surface area contributed by atoms with Gasteiger partial charge in [-0.25, -0.2) is 0 Å². The van der Waals surface area contributed by atoms with E-state index in [0.29, 0.717) is 37.5 Å². The topological polar surface area (TPSA) is 75.4 Å². The molecule has 1 aliphatic heterocycles. The molecule has 1 aliphatic rings. The molecule has 0 spiro atoms. The van der Waals surface area contributed by atoms with Crippen LogP contribution in [0.15, 0.2) is 6.07 Å². The van der Waals surface area contributed by atoms with Gasteiger partial charge >= 0.3 is 5.97 Å². The number of carbonyl (C=O) groups excluding carboxylic acids is 1. The summed E-state index contributed by atoms with van der Waals surface area (Å²) in [4.78, 5) is 26.4. The third-order valence-corrected chi connectivity index (χ3v) is 4.81. The molecule has 2 heterocycles. The molecule has 0 saturated carbocycles. The molecular formula is C18H29N3O3. The number of aromatic nitrogens is 2. The molecule has 0 bridgehead atoms. The lowest BCUT2D eigenvalue weighted by molar-refractivity contribution is -0.152. The predicted molar refractivity (Wildman–Crippen MR) is 91.9 cm³/mol. The Labute approximate surface area is 143 Å². The van der Waals surface area contributed by atoms with Crippen LogP contribution in [0.3, 0.4) is 0 Å². The van der Waals surface area contributed by atoms with E-state index in [4.69, 9.17) is 0 Å². The number of carboxylic acid groups (broad SMARTS) is 1. The normalized spacial score (nSPS) is 21.3. The van der Waals surface area contributed by atoms with E-state index in [9.17, 15) is 14.7 Å².